The third kappa shape index (κ3) is 5.67. The molecule has 0 atom stereocenters. The lowest BCUT2D eigenvalue weighted by Crippen LogP contribution is -2.23. The summed E-state index contributed by atoms with van der Waals surface area (Å²) in [7, 11) is 0. The highest BCUT2D eigenvalue weighted by molar-refractivity contribution is 7.09. The molecule has 3 aromatic rings. The van der Waals surface area contributed by atoms with Crippen molar-refractivity contribution in [3.8, 4) is 5.75 Å². The number of benzene rings is 2. The molecule has 1 aromatic heterocycles. The van der Waals surface area contributed by atoms with Gasteiger partial charge in [0.25, 0.3) is 0 Å². The lowest BCUT2D eigenvalue weighted by molar-refractivity contribution is -0.128. The van der Waals surface area contributed by atoms with E-state index in [0.29, 0.717) is 30.0 Å². The Morgan fingerprint density at radius 1 is 1.10 bits per heavy atom. The number of ether oxygens (including phenoxy) is 2. The first kappa shape index (κ1) is 21.0. The molecular weight excluding hydrogens is 419 g/mol. The monoisotopic (exact) mass is 440 g/mol. The highest BCUT2D eigenvalue weighted by Gasteiger charge is 2.20. The molecule has 6 nitrogen and oxygen atoms in total. The Kier molecular flexibility index (Phi) is 6.57. The maximum absolute atomic E-state index is 12.9. The Morgan fingerprint density at radius 2 is 1.87 bits per heavy atom. The summed E-state index contributed by atoms with van der Waals surface area (Å²) in [5, 5.41) is 2.54. The van der Waals surface area contributed by atoms with Gasteiger partial charge in [-0.1, -0.05) is 12.1 Å². The van der Waals surface area contributed by atoms with Gasteiger partial charge in [0.1, 0.15) is 29.8 Å². The van der Waals surface area contributed by atoms with E-state index in [0.717, 1.165) is 23.5 Å². The molecule has 31 heavy (non-hydrogen) atoms. The van der Waals surface area contributed by atoms with Crippen LogP contribution >= 0.6 is 11.3 Å². The van der Waals surface area contributed by atoms with E-state index >= 15 is 0 Å². The number of amides is 1. The number of thiazole rings is 1. The summed E-state index contributed by atoms with van der Waals surface area (Å²) in [6.45, 7) is 1.67. The van der Waals surface area contributed by atoms with Crippen molar-refractivity contribution in [3.63, 3.8) is 0 Å². The van der Waals surface area contributed by atoms with Crippen molar-refractivity contribution in [2.45, 2.75) is 32.6 Å². The molecule has 0 N–H and O–H groups in total. The molecule has 0 spiro atoms. The van der Waals surface area contributed by atoms with E-state index < -0.39 is 5.97 Å². The predicted molar refractivity (Wildman–Crippen MR) is 113 cm³/mol. The molecule has 8 heteroatoms. The average molecular weight is 440 g/mol. The van der Waals surface area contributed by atoms with E-state index in [9.17, 15) is 14.0 Å². The van der Waals surface area contributed by atoms with E-state index in [-0.39, 0.29) is 24.9 Å². The van der Waals surface area contributed by atoms with Gasteiger partial charge in [0, 0.05) is 24.9 Å². The molecule has 0 aliphatic carbocycles. The zero-order chi connectivity index (χ0) is 21.6. The minimum absolute atomic E-state index is 0.0654. The standard InChI is InChI=1S/C23H21FN2O4S/c24-18-7-9-20(10-8-18)29-14-21-25-19(15-31-21)13-30-23(28)17-5-3-16(4-6-17)12-26-11-1-2-22(26)27/h3-10,15H,1-2,11-14H2. The fourth-order valence-electron chi connectivity index (χ4n) is 3.22. The quantitative estimate of drug-likeness (QED) is 0.488. The first-order valence-electron chi connectivity index (χ1n) is 9.92. The van der Waals surface area contributed by atoms with Gasteiger partial charge in [0.05, 0.1) is 11.3 Å². The van der Waals surface area contributed by atoms with Crippen molar-refractivity contribution >= 4 is 23.2 Å². The largest absolute Gasteiger partial charge is 0.486 e. The number of likely N-dealkylation sites (tertiary alicyclic amines) is 1. The molecule has 4 rings (SSSR count). The van der Waals surface area contributed by atoms with Crippen LogP contribution in [0.5, 0.6) is 5.75 Å². The first-order valence-corrected chi connectivity index (χ1v) is 10.8. The molecule has 160 valence electrons. The Bertz CT molecular complexity index is 1050. The number of rotatable bonds is 8. The summed E-state index contributed by atoms with van der Waals surface area (Å²) in [5.41, 5.74) is 2.07. The normalized spacial score (nSPS) is 13.5. The second-order valence-electron chi connectivity index (χ2n) is 7.17. The number of hydrogen-bond donors (Lipinski definition) is 0. The smallest absolute Gasteiger partial charge is 0.338 e. The number of carbonyl (C=O) groups excluding carboxylic acids is 2. The second kappa shape index (κ2) is 9.70. The molecule has 1 fully saturated rings. The maximum Gasteiger partial charge on any atom is 0.338 e. The number of hydrogen-bond acceptors (Lipinski definition) is 6. The van der Waals surface area contributed by atoms with Gasteiger partial charge in [0.2, 0.25) is 5.91 Å². The van der Waals surface area contributed by atoms with E-state index in [2.05, 4.69) is 4.98 Å². The van der Waals surface area contributed by atoms with Crippen LogP contribution in [-0.4, -0.2) is 28.3 Å². The van der Waals surface area contributed by atoms with Crippen molar-refractivity contribution in [3.05, 3.63) is 81.6 Å². The third-order valence-electron chi connectivity index (χ3n) is 4.86. The lowest BCUT2D eigenvalue weighted by atomic mass is 10.1. The second-order valence-corrected chi connectivity index (χ2v) is 8.11. The molecule has 2 heterocycles. The summed E-state index contributed by atoms with van der Waals surface area (Å²) >= 11 is 1.40. The van der Waals surface area contributed by atoms with E-state index in [1.807, 2.05) is 22.4 Å². The highest BCUT2D eigenvalue weighted by Crippen LogP contribution is 2.18. The molecule has 1 aliphatic rings. The van der Waals surface area contributed by atoms with E-state index in [4.69, 9.17) is 9.47 Å². The van der Waals surface area contributed by atoms with Crippen LogP contribution < -0.4 is 4.74 Å². The summed E-state index contributed by atoms with van der Waals surface area (Å²) in [6.07, 6.45) is 1.51. The Hall–Kier alpha value is -3.26. The van der Waals surface area contributed by atoms with Crippen LogP contribution in [0.2, 0.25) is 0 Å². The fraction of sp³-hybridized carbons (Fsp3) is 0.261. The molecular formula is C23H21FN2O4S. The number of aromatic nitrogens is 1. The van der Waals surface area contributed by atoms with Crippen molar-refractivity contribution in [1.29, 1.82) is 0 Å². The van der Waals surface area contributed by atoms with Gasteiger partial charge in [-0.25, -0.2) is 14.2 Å². The van der Waals surface area contributed by atoms with Crippen molar-refractivity contribution in [1.82, 2.24) is 9.88 Å². The van der Waals surface area contributed by atoms with Gasteiger partial charge in [-0.05, 0) is 48.4 Å². The van der Waals surface area contributed by atoms with Crippen LogP contribution in [0.1, 0.15) is 39.5 Å². The molecule has 0 saturated carbocycles. The molecule has 0 radical (unpaired) electrons. The van der Waals surface area contributed by atoms with Gasteiger partial charge < -0.3 is 14.4 Å². The predicted octanol–water partition coefficient (Wildman–Crippen LogP) is 4.34. The van der Waals surface area contributed by atoms with Gasteiger partial charge in [-0.15, -0.1) is 11.3 Å². The molecule has 1 amide bonds. The SMILES string of the molecule is O=C(OCc1csc(COc2ccc(F)cc2)n1)c1ccc(CN2CCCC2=O)cc1. The summed E-state index contributed by atoms with van der Waals surface area (Å²) in [4.78, 5) is 30.2. The van der Waals surface area contributed by atoms with Crippen LogP contribution in [-0.2, 0) is 29.3 Å². The average Bonchev–Trinajstić information content (AvgIpc) is 3.41. The maximum atomic E-state index is 12.9. The Balaban J connectivity index is 1.25. The van der Waals surface area contributed by atoms with Gasteiger partial charge in [0.15, 0.2) is 0 Å². The Morgan fingerprint density at radius 3 is 2.58 bits per heavy atom. The summed E-state index contributed by atoms with van der Waals surface area (Å²) < 4.78 is 23.8. The van der Waals surface area contributed by atoms with E-state index in [1.165, 1.54) is 23.5 Å². The van der Waals surface area contributed by atoms with Crippen molar-refractivity contribution in [2.24, 2.45) is 0 Å². The number of esters is 1. The van der Waals surface area contributed by atoms with Crippen LogP contribution in [0.3, 0.4) is 0 Å². The number of carbonyl (C=O) groups is 2. The summed E-state index contributed by atoms with van der Waals surface area (Å²) in [6, 6.07) is 12.9. The first-order chi connectivity index (χ1) is 15.1. The van der Waals surface area contributed by atoms with E-state index in [1.54, 1.807) is 24.3 Å². The zero-order valence-electron chi connectivity index (χ0n) is 16.8. The third-order valence-corrected chi connectivity index (χ3v) is 5.73. The molecule has 1 saturated heterocycles. The van der Waals surface area contributed by atoms with Gasteiger partial charge in [-0.3, -0.25) is 4.79 Å². The molecule has 0 bridgehead atoms. The van der Waals surface area contributed by atoms with Crippen LogP contribution in [0.25, 0.3) is 0 Å². The number of nitrogens with zero attached hydrogens (tertiary/aromatic N) is 2. The molecule has 2 aromatic carbocycles. The van der Waals surface area contributed by atoms with Crippen molar-refractivity contribution in [2.75, 3.05) is 6.54 Å². The minimum atomic E-state index is -0.430. The van der Waals surface area contributed by atoms with Crippen molar-refractivity contribution < 1.29 is 23.5 Å². The number of halogens is 1. The fourth-order valence-corrected chi connectivity index (χ4v) is 3.91. The minimum Gasteiger partial charge on any atom is -0.486 e. The lowest BCUT2D eigenvalue weighted by Gasteiger charge is -2.15. The van der Waals surface area contributed by atoms with Gasteiger partial charge in [-0.2, -0.15) is 0 Å². The molecule has 0 unspecified atom stereocenters. The highest BCUT2D eigenvalue weighted by atomic mass is 32.1. The summed E-state index contributed by atoms with van der Waals surface area (Å²) in [5.74, 6) is -0.0146. The topological polar surface area (TPSA) is 68.7 Å². The van der Waals surface area contributed by atoms with Gasteiger partial charge >= 0.3 is 5.97 Å². The van der Waals surface area contributed by atoms with Crippen LogP contribution in [0.15, 0.2) is 53.9 Å². The molecule has 1 aliphatic heterocycles. The zero-order valence-corrected chi connectivity index (χ0v) is 17.6. The van der Waals surface area contributed by atoms with Crippen LogP contribution in [0, 0.1) is 5.82 Å². The Labute approximate surface area is 183 Å². The van der Waals surface area contributed by atoms with Crippen LogP contribution in [0.4, 0.5) is 4.39 Å².